The molecular weight excluding hydrogens is 357 g/mol. The van der Waals surface area contributed by atoms with Gasteiger partial charge in [0, 0.05) is 11.1 Å². The number of anilines is 2. The largest absolute Gasteiger partial charge is 0.462 e. The molecule has 0 spiro atoms. The number of hydrogen-bond donors (Lipinski definition) is 1. The summed E-state index contributed by atoms with van der Waals surface area (Å²) in [5.41, 5.74) is 1.15. The molecule has 5 nitrogen and oxygen atoms in total. The smallest absolute Gasteiger partial charge is 0.339 e. The number of carbonyl (C=O) groups is 1. The van der Waals surface area contributed by atoms with Crippen molar-refractivity contribution in [2.24, 2.45) is 0 Å². The van der Waals surface area contributed by atoms with Gasteiger partial charge in [-0.25, -0.2) is 14.8 Å². The van der Waals surface area contributed by atoms with Crippen LogP contribution in [0.15, 0.2) is 29.9 Å². The lowest BCUT2D eigenvalue weighted by molar-refractivity contribution is 0.0529. The zero-order chi connectivity index (χ0) is 16.4. The molecule has 8 heteroatoms. The molecule has 0 amide bonds. The molecule has 0 radical (unpaired) electrons. The molecule has 1 aromatic carbocycles. The predicted octanol–water partition coefficient (Wildman–Crippen LogP) is 4.92. The molecule has 0 atom stereocenters. The van der Waals surface area contributed by atoms with Gasteiger partial charge >= 0.3 is 5.97 Å². The molecule has 0 unspecified atom stereocenters. The van der Waals surface area contributed by atoms with Crippen molar-refractivity contribution in [2.45, 2.75) is 6.92 Å². The minimum absolute atomic E-state index is 0.305. The van der Waals surface area contributed by atoms with Gasteiger partial charge < -0.3 is 10.1 Å². The van der Waals surface area contributed by atoms with Gasteiger partial charge in [-0.1, -0.05) is 23.2 Å². The molecule has 2 aromatic heterocycles. The van der Waals surface area contributed by atoms with Crippen LogP contribution >= 0.6 is 34.5 Å². The Hall–Kier alpha value is -1.89. The van der Waals surface area contributed by atoms with Crippen molar-refractivity contribution in [1.82, 2.24) is 9.97 Å². The van der Waals surface area contributed by atoms with Gasteiger partial charge in [0.1, 0.15) is 17.0 Å². The van der Waals surface area contributed by atoms with Gasteiger partial charge in [0.05, 0.1) is 27.6 Å². The second kappa shape index (κ2) is 6.70. The fourth-order valence-electron chi connectivity index (χ4n) is 2.04. The number of nitrogens with zero attached hydrogens (tertiary/aromatic N) is 2. The number of thiophene rings is 1. The van der Waals surface area contributed by atoms with Gasteiger partial charge in [-0.05, 0) is 25.1 Å². The van der Waals surface area contributed by atoms with Crippen LogP contribution in [0.5, 0.6) is 0 Å². The average Bonchev–Trinajstić information content (AvgIpc) is 2.96. The van der Waals surface area contributed by atoms with Gasteiger partial charge in [-0.15, -0.1) is 11.3 Å². The van der Waals surface area contributed by atoms with Gasteiger partial charge in [0.2, 0.25) is 0 Å². The van der Waals surface area contributed by atoms with Crippen molar-refractivity contribution < 1.29 is 9.53 Å². The summed E-state index contributed by atoms with van der Waals surface area (Å²) in [5, 5.41) is 6.38. The highest BCUT2D eigenvalue weighted by atomic mass is 35.5. The minimum Gasteiger partial charge on any atom is -0.462 e. The van der Waals surface area contributed by atoms with Crippen molar-refractivity contribution >= 4 is 62.2 Å². The zero-order valence-corrected chi connectivity index (χ0v) is 14.3. The Morgan fingerprint density at radius 2 is 2.13 bits per heavy atom. The first-order valence-electron chi connectivity index (χ1n) is 6.71. The number of rotatable bonds is 4. The lowest BCUT2D eigenvalue weighted by Crippen LogP contribution is -2.05. The van der Waals surface area contributed by atoms with E-state index in [9.17, 15) is 4.79 Å². The summed E-state index contributed by atoms with van der Waals surface area (Å²) in [5.74, 6) is 0.114. The Morgan fingerprint density at radius 3 is 2.87 bits per heavy atom. The van der Waals surface area contributed by atoms with Crippen LogP contribution in [0, 0.1) is 0 Å². The van der Waals surface area contributed by atoms with E-state index >= 15 is 0 Å². The summed E-state index contributed by atoms with van der Waals surface area (Å²) in [7, 11) is 0. The maximum Gasteiger partial charge on any atom is 0.339 e. The summed E-state index contributed by atoms with van der Waals surface area (Å²) in [6.45, 7) is 2.07. The Labute approximate surface area is 146 Å². The van der Waals surface area contributed by atoms with Gasteiger partial charge in [-0.3, -0.25) is 0 Å². The van der Waals surface area contributed by atoms with Crippen LogP contribution in [0.3, 0.4) is 0 Å². The fraction of sp³-hybridized carbons (Fsp3) is 0.133. The third-order valence-electron chi connectivity index (χ3n) is 3.05. The van der Waals surface area contributed by atoms with Crippen LogP contribution in [0.4, 0.5) is 11.5 Å². The van der Waals surface area contributed by atoms with E-state index in [-0.39, 0.29) is 0 Å². The molecule has 0 aliphatic rings. The molecule has 2 heterocycles. The summed E-state index contributed by atoms with van der Waals surface area (Å²) >= 11 is 13.3. The molecule has 3 rings (SSSR count). The minimum atomic E-state index is -0.397. The Bertz CT molecular complexity index is 882. The van der Waals surface area contributed by atoms with Crippen LogP contribution in [0.1, 0.15) is 17.3 Å². The van der Waals surface area contributed by atoms with Crippen molar-refractivity contribution in [1.29, 1.82) is 0 Å². The SMILES string of the molecule is CCOC(=O)c1csc2ncnc(Nc3ccc(Cl)c(Cl)c3)c12. The van der Waals surface area contributed by atoms with Crippen LogP contribution in [-0.2, 0) is 4.74 Å². The highest BCUT2D eigenvalue weighted by Gasteiger charge is 2.18. The molecule has 23 heavy (non-hydrogen) atoms. The van der Waals surface area contributed by atoms with E-state index in [0.29, 0.717) is 43.9 Å². The second-order valence-corrected chi connectivity index (χ2v) is 6.20. The number of fused-ring (bicyclic) bond motifs is 1. The number of benzene rings is 1. The molecule has 0 aliphatic heterocycles. The van der Waals surface area contributed by atoms with E-state index in [1.54, 1.807) is 30.5 Å². The third kappa shape index (κ3) is 3.24. The highest BCUT2D eigenvalue weighted by Crippen LogP contribution is 2.33. The number of nitrogens with one attached hydrogen (secondary N) is 1. The molecule has 3 aromatic rings. The molecule has 0 saturated carbocycles. The van der Waals surface area contributed by atoms with Crippen LogP contribution in [0.2, 0.25) is 10.0 Å². The normalized spacial score (nSPS) is 10.7. The van der Waals surface area contributed by atoms with Crippen LogP contribution in [-0.4, -0.2) is 22.5 Å². The predicted molar refractivity (Wildman–Crippen MR) is 93.1 cm³/mol. The van der Waals surface area contributed by atoms with Gasteiger partial charge in [0.15, 0.2) is 0 Å². The summed E-state index contributed by atoms with van der Waals surface area (Å²) < 4.78 is 5.08. The number of carbonyl (C=O) groups excluding carboxylic acids is 1. The molecular formula is C15H11Cl2N3O2S. The van der Waals surface area contributed by atoms with Crippen molar-refractivity contribution in [3.63, 3.8) is 0 Å². The molecule has 0 aliphatic carbocycles. The first-order valence-corrected chi connectivity index (χ1v) is 8.35. The Kier molecular flexibility index (Phi) is 4.66. The Balaban J connectivity index is 2.04. The maximum absolute atomic E-state index is 12.1. The number of ether oxygens (including phenoxy) is 1. The lowest BCUT2D eigenvalue weighted by atomic mass is 10.2. The number of halogens is 2. The average molecular weight is 368 g/mol. The Morgan fingerprint density at radius 1 is 1.30 bits per heavy atom. The number of hydrogen-bond acceptors (Lipinski definition) is 6. The zero-order valence-electron chi connectivity index (χ0n) is 12.0. The van der Waals surface area contributed by atoms with Crippen molar-refractivity contribution in [3.8, 4) is 0 Å². The number of aromatic nitrogens is 2. The number of esters is 1. The molecule has 0 fully saturated rings. The van der Waals surface area contributed by atoms with E-state index in [1.165, 1.54) is 17.7 Å². The van der Waals surface area contributed by atoms with E-state index < -0.39 is 5.97 Å². The highest BCUT2D eigenvalue weighted by molar-refractivity contribution is 7.17. The summed E-state index contributed by atoms with van der Waals surface area (Å²) in [6, 6.07) is 5.15. The fourth-order valence-corrected chi connectivity index (χ4v) is 3.21. The van der Waals surface area contributed by atoms with Gasteiger partial charge in [0.25, 0.3) is 0 Å². The monoisotopic (exact) mass is 367 g/mol. The van der Waals surface area contributed by atoms with Crippen molar-refractivity contribution in [2.75, 3.05) is 11.9 Å². The van der Waals surface area contributed by atoms with Crippen LogP contribution in [0.25, 0.3) is 10.2 Å². The van der Waals surface area contributed by atoms with E-state index in [2.05, 4.69) is 15.3 Å². The van der Waals surface area contributed by atoms with Gasteiger partial charge in [-0.2, -0.15) is 0 Å². The van der Waals surface area contributed by atoms with Crippen LogP contribution < -0.4 is 5.32 Å². The molecule has 1 N–H and O–H groups in total. The molecule has 118 valence electrons. The van der Waals surface area contributed by atoms with E-state index in [1.807, 2.05) is 0 Å². The first-order chi connectivity index (χ1) is 11.1. The maximum atomic E-state index is 12.1. The second-order valence-electron chi connectivity index (χ2n) is 4.53. The molecule has 0 bridgehead atoms. The summed E-state index contributed by atoms with van der Waals surface area (Å²) in [6.07, 6.45) is 1.44. The lowest BCUT2D eigenvalue weighted by Gasteiger charge is -2.09. The molecule has 0 saturated heterocycles. The van der Waals surface area contributed by atoms with Crippen molar-refractivity contribution in [3.05, 3.63) is 45.5 Å². The quantitative estimate of drug-likeness (QED) is 0.663. The topological polar surface area (TPSA) is 64.1 Å². The van der Waals surface area contributed by atoms with E-state index in [0.717, 1.165) is 0 Å². The first kappa shape index (κ1) is 16.0. The third-order valence-corrected chi connectivity index (χ3v) is 4.67. The van der Waals surface area contributed by atoms with E-state index in [4.69, 9.17) is 27.9 Å². The summed E-state index contributed by atoms with van der Waals surface area (Å²) in [4.78, 5) is 21.2. The standard InChI is InChI=1S/C15H11Cl2N3O2S/c1-2-22-15(21)9-6-23-14-12(9)13(18-7-19-14)20-8-3-4-10(16)11(17)5-8/h3-7H,2H2,1H3,(H,18,19,20).